The number of hydrogen-bond acceptors (Lipinski definition) is 18. The number of hydrogen-bond donors (Lipinski definition) is 7. The van der Waals surface area contributed by atoms with Crippen molar-refractivity contribution in [2.45, 2.75) is 192 Å². The number of unbranched alkanes of at least 4 members (excludes halogenated alkanes) is 8. The highest BCUT2D eigenvalue weighted by Crippen LogP contribution is 2.60. The van der Waals surface area contributed by atoms with Gasteiger partial charge in [0.1, 0.15) is 36.6 Å². The largest absolute Gasteiger partial charge is 0.481 e. The lowest BCUT2D eigenvalue weighted by molar-refractivity contribution is -0.188. The minimum Gasteiger partial charge on any atom is -0.462 e. The molecule has 390 valence electrons. The van der Waals surface area contributed by atoms with Crippen LogP contribution in [-0.4, -0.2) is 114 Å². The molecule has 11 atom stereocenters. The van der Waals surface area contributed by atoms with Crippen LogP contribution in [0.3, 0.4) is 0 Å². The number of phosphoric acid groups is 2. The Hall–Kier alpha value is -2.91. The highest BCUT2D eigenvalue weighted by molar-refractivity contribution is 7.61. The highest BCUT2D eigenvalue weighted by Gasteiger charge is 2.45. The molecule has 8 N–H and O–H groups in total. The van der Waals surface area contributed by atoms with Crippen LogP contribution in [0.15, 0.2) is 29.2 Å². The van der Waals surface area contributed by atoms with Gasteiger partial charge in [-0.2, -0.15) is 9.29 Å². The van der Waals surface area contributed by atoms with Crippen molar-refractivity contribution in [2.75, 3.05) is 25.6 Å². The van der Waals surface area contributed by atoms with Gasteiger partial charge in [-0.05, 0) is 37.7 Å². The molecule has 21 nitrogen and oxygen atoms in total. The van der Waals surface area contributed by atoms with Crippen molar-refractivity contribution in [2.24, 2.45) is 17.8 Å². The summed E-state index contributed by atoms with van der Waals surface area (Å²) in [6, 6.07) is 1.24. The van der Waals surface area contributed by atoms with Crippen molar-refractivity contribution in [3.05, 3.63) is 34.9 Å². The summed E-state index contributed by atoms with van der Waals surface area (Å²) in [4.78, 5) is 77.9. The molecule has 2 bridgehead atoms. The first-order valence-electron chi connectivity index (χ1n) is 24.2. The number of anilines is 1. The van der Waals surface area contributed by atoms with E-state index in [9.17, 15) is 58.5 Å². The summed E-state index contributed by atoms with van der Waals surface area (Å²) in [7, 11) is -11.3. The summed E-state index contributed by atoms with van der Waals surface area (Å²) in [6.07, 6.45) is 3.29. The zero-order valence-corrected chi connectivity index (χ0v) is 41.6. The van der Waals surface area contributed by atoms with E-state index < -0.39 is 120 Å². The summed E-state index contributed by atoms with van der Waals surface area (Å²) in [6.45, 7) is 3.65. The third kappa shape index (κ3) is 22.4. The molecule has 2 fully saturated rings. The average molecular weight is 1010 g/mol. The summed E-state index contributed by atoms with van der Waals surface area (Å²) >= 11 is 0. The molecule has 68 heavy (non-hydrogen) atoms. The molecule has 1 aromatic heterocycles. The Bertz CT molecular complexity index is 1870. The van der Waals surface area contributed by atoms with E-state index in [1.54, 1.807) is 0 Å². The van der Waals surface area contributed by atoms with Crippen LogP contribution >= 0.6 is 15.6 Å². The van der Waals surface area contributed by atoms with Gasteiger partial charge in [0.05, 0.1) is 37.4 Å². The Morgan fingerprint density at radius 3 is 2.22 bits per heavy atom. The number of ether oxygens (including phenoxy) is 3. The first-order chi connectivity index (χ1) is 32.2. The lowest BCUT2D eigenvalue weighted by Gasteiger charge is -2.39. The van der Waals surface area contributed by atoms with Crippen LogP contribution in [0.4, 0.5) is 5.82 Å². The van der Waals surface area contributed by atoms with Crippen LogP contribution in [0, 0.1) is 17.8 Å². The number of nitrogen functional groups attached to an aromatic ring is 1. The third-order valence-corrected chi connectivity index (χ3v) is 14.5. The van der Waals surface area contributed by atoms with Gasteiger partial charge in [-0.15, -0.1) is 0 Å². The van der Waals surface area contributed by atoms with Crippen LogP contribution in [0.25, 0.3) is 0 Å². The SMILES string of the molecule is CCCCC[C@H](O)/C=C/[C@H]1C(=O)C[C@H](O)[C@@H]2CCCCCCC(=O)OC[C@@H](OC(=O)CCCCCCCCCC(C)C)COP(=O)(O)OP(=O)(O)OC[C@@H](O[C@H]2n2ccc(N)nc2=O)[C@@H](O)[C@H]1O. The number of nitrogens with two attached hydrogens (primary N) is 1. The van der Waals surface area contributed by atoms with Crippen LogP contribution in [0.5, 0.6) is 0 Å². The first kappa shape index (κ1) is 59.4. The molecular weight excluding hydrogens is 932 g/mol. The Morgan fingerprint density at radius 2 is 1.54 bits per heavy atom. The second-order valence-electron chi connectivity index (χ2n) is 18.2. The number of carbonyl (C=O) groups is 3. The van der Waals surface area contributed by atoms with Crippen molar-refractivity contribution in [3.63, 3.8) is 0 Å². The number of ketones is 1. The molecule has 0 aromatic carbocycles. The second-order valence-corrected chi connectivity index (χ2v) is 21.3. The van der Waals surface area contributed by atoms with Crippen molar-refractivity contribution in [1.82, 2.24) is 9.55 Å². The fourth-order valence-electron chi connectivity index (χ4n) is 8.05. The molecule has 23 heteroatoms. The number of aliphatic hydroxyl groups is 4. The van der Waals surface area contributed by atoms with E-state index in [-0.39, 0.29) is 25.1 Å². The van der Waals surface area contributed by atoms with Gasteiger partial charge in [0.2, 0.25) is 0 Å². The molecule has 0 spiro atoms. The Morgan fingerprint density at radius 1 is 0.897 bits per heavy atom. The van der Waals surface area contributed by atoms with E-state index >= 15 is 0 Å². The number of nitrogens with zero attached hydrogens (tertiary/aromatic N) is 2. The number of carbonyl (C=O) groups excluding carboxylic acids is 3. The fourth-order valence-corrected chi connectivity index (χ4v) is 10.2. The average Bonchev–Trinajstić information content (AvgIpc) is 3.25. The van der Waals surface area contributed by atoms with Gasteiger partial charge in [0, 0.05) is 31.4 Å². The van der Waals surface area contributed by atoms with Gasteiger partial charge in [0.25, 0.3) is 0 Å². The molecule has 3 rings (SSSR count). The van der Waals surface area contributed by atoms with Crippen LogP contribution in [0.1, 0.15) is 155 Å². The third-order valence-electron chi connectivity index (χ3n) is 11.9. The number of esters is 2. The predicted molar refractivity (Wildman–Crippen MR) is 248 cm³/mol. The maximum atomic E-state index is 13.9. The molecular formula is C45H77N3O18P2. The van der Waals surface area contributed by atoms with E-state index in [0.29, 0.717) is 50.9 Å². The molecule has 3 heterocycles. The number of rotatable bonds is 18. The highest BCUT2D eigenvalue weighted by atomic mass is 31.3. The van der Waals surface area contributed by atoms with Crippen molar-refractivity contribution in [1.29, 1.82) is 0 Å². The number of aromatic nitrogens is 2. The smallest absolute Gasteiger partial charge is 0.462 e. The van der Waals surface area contributed by atoms with Gasteiger partial charge in [-0.1, -0.05) is 116 Å². The van der Waals surface area contributed by atoms with Gasteiger partial charge >= 0.3 is 33.3 Å². The summed E-state index contributed by atoms with van der Waals surface area (Å²) < 4.78 is 58.9. The van der Waals surface area contributed by atoms with Crippen LogP contribution < -0.4 is 11.4 Å². The van der Waals surface area contributed by atoms with E-state index in [2.05, 4.69) is 23.1 Å². The zero-order chi connectivity index (χ0) is 50.3. The van der Waals surface area contributed by atoms with Crippen molar-refractivity contribution in [3.8, 4) is 0 Å². The topological polar surface area (TPSA) is 323 Å². The molecule has 0 radical (unpaired) electrons. The molecule has 2 aliphatic rings. The standard InChI is InChI=1S/C45H77N3O18P2/c1-4-5-13-19-32(49)23-24-34-36(50)27-37(51)35-20-15-11-12-16-21-40(52)61-28-33(64-41(53)22-17-10-8-6-7-9-14-18-31(2)3)29-62-67(57,58)66-68(59,60)63-30-38(43(55)42(34)54)65-44(35)48-26-25-39(46)47-45(48)56/h23-26,31-35,37-38,42-44,49,51,54-55H,4-22,27-30H2,1-3H3,(H,57,58)(H,59,60)(H2,46,47,56)/b24-23+/t32-,33+,34-,35-,37-,38+,42-,43+,44+/m0/s1. The maximum Gasteiger partial charge on any atom is 0.481 e. The second kappa shape index (κ2) is 30.7. The first-order valence-corrected chi connectivity index (χ1v) is 27.2. The minimum absolute atomic E-state index is 0.00294. The van der Waals surface area contributed by atoms with E-state index in [1.807, 2.05) is 6.92 Å². The number of aliphatic hydroxyl groups excluding tert-OH is 4. The minimum atomic E-state index is -5.71. The van der Waals surface area contributed by atoms with Crippen LogP contribution in [0.2, 0.25) is 0 Å². The van der Waals surface area contributed by atoms with Gasteiger partial charge in [-0.3, -0.25) is 28.0 Å². The molecule has 1 aromatic rings. The van der Waals surface area contributed by atoms with Crippen molar-refractivity contribution >= 4 is 39.2 Å². The fraction of sp³-hybridized carbons (Fsp3) is 0.800. The Labute approximate surface area is 399 Å². The molecule has 2 saturated heterocycles. The monoisotopic (exact) mass is 1010 g/mol. The molecule has 0 aliphatic carbocycles. The quantitative estimate of drug-likeness (QED) is 0.0400. The number of Topliss-reactive ketones (excluding diaryl/α,β-unsaturated/α-hetero) is 1. The lowest BCUT2D eigenvalue weighted by atomic mass is 9.83. The Kier molecular flexibility index (Phi) is 26.9. The van der Waals surface area contributed by atoms with Gasteiger partial charge < -0.3 is 50.2 Å². The zero-order valence-electron chi connectivity index (χ0n) is 39.8. The van der Waals surface area contributed by atoms with Crippen LogP contribution in [-0.2, 0) is 51.1 Å². The number of phosphoric ester groups is 2. The van der Waals surface area contributed by atoms with E-state index in [4.69, 9.17) is 29.0 Å². The van der Waals surface area contributed by atoms with Gasteiger partial charge in [-0.25, -0.2) is 13.9 Å². The van der Waals surface area contributed by atoms with E-state index in [0.717, 1.165) is 49.5 Å². The number of cyclic esters (lactones) is 1. The molecule has 2 aliphatic heterocycles. The Balaban J connectivity index is 1.91. The summed E-state index contributed by atoms with van der Waals surface area (Å²) in [5, 5.41) is 45.7. The van der Waals surface area contributed by atoms with E-state index in [1.165, 1.54) is 37.3 Å². The lowest BCUT2D eigenvalue weighted by Crippen LogP contribution is -2.51. The maximum absolute atomic E-state index is 13.9. The molecule has 0 amide bonds. The van der Waals surface area contributed by atoms with Crippen molar-refractivity contribution < 1.29 is 81.3 Å². The predicted octanol–water partition coefficient (Wildman–Crippen LogP) is 5.72. The molecule has 2 unspecified atom stereocenters. The normalized spacial score (nSPS) is 30.7. The summed E-state index contributed by atoms with van der Waals surface area (Å²) in [5.41, 5.74) is 4.77. The molecule has 0 saturated carbocycles. The summed E-state index contributed by atoms with van der Waals surface area (Å²) in [5.74, 6) is -4.38. The number of fused-ring (bicyclic) bond motifs is 3. The van der Waals surface area contributed by atoms with Gasteiger partial charge in [0.15, 0.2) is 6.10 Å².